The molecule has 0 saturated carbocycles. The van der Waals surface area contributed by atoms with Gasteiger partial charge in [-0.25, -0.2) is 4.39 Å². The summed E-state index contributed by atoms with van der Waals surface area (Å²) in [6.45, 7) is 1.94. The van der Waals surface area contributed by atoms with Gasteiger partial charge in [0.05, 0.1) is 5.41 Å². The molecule has 1 aromatic carbocycles. The standard InChI is InChI=1S/C19H21FN2O2/c20-17-7-2-1-6-16(17)11-19(18(23)24)8-4-10-22(14-19)13-15-5-3-9-21-12-15/h1-3,5-7,9,12H,4,8,10-11,13-14H2,(H,23,24)/t19-/m1/s1. The third-order valence-corrected chi connectivity index (χ3v) is 4.73. The minimum absolute atomic E-state index is 0.221. The predicted molar refractivity (Wildman–Crippen MR) is 88.9 cm³/mol. The van der Waals surface area contributed by atoms with Crippen LogP contribution in [0.5, 0.6) is 0 Å². The maximum Gasteiger partial charge on any atom is 0.311 e. The first-order chi connectivity index (χ1) is 11.6. The van der Waals surface area contributed by atoms with Gasteiger partial charge in [0.15, 0.2) is 0 Å². The Morgan fingerprint density at radius 1 is 1.29 bits per heavy atom. The Morgan fingerprint density at radius 2 is 2.12 bits per heavy atom. The van der Waals surface area contributed by atoms with Gasteiger partial charge >= 0.3 is 5.97 Å². The lowest BCUT2D eigenvalue weighted by atomic mass is 9.75. The number of pyridine rings is 1. The van der Waals surface area contributed by atoms with E-state index in [1.54, 1.807) is 30.6 Å². The van der Waals surface area contributed by atoms with Crippen LogP contribution in [-0.4, -0.2) is 34.0 Å². The molecule has 1 fully saturated rings. The zero-order chi connectivity index (χ0) is 17.0. The summed E-state index contributed by atoms with van der Waals surface area (Å²) in [6.07, 6.45) is 5.10. The number of carboxylic acids is 1. The van der Waals surface area contributed by atoms with Gasteiger partial charge in [-0.15, -0.1) is 0 Å². The van der Waals surface area contributed by atoms with E-state index in [1.165, 1.54) is 6.07 Å². The molecule has 1 aliphatic heterocycles. The van der Waals surface area contributed by atoms with Crippen molar-refractivity contribution in [2.24, 2.45) is 5.41 Å². The minimum atomic E-state index is -0.942. The lowest BCUT2D eigenvalue weighted by Gasteiger charge is -2.40. The van der Waals surface area contributed by atoms with Crippen LogP contribution >= 0.6 is 0 Å². The van der Waals surface area contributed by atoms with E-state index >= 15 is 0 Å². The van der Waals surface area contributed by atoms with E-state index in [-0.39, 0.29) is 12.2 Å². The van der Waals surface area contributed by atoms with Crippen LogP contribution in [0.15, 0.2) is 48.8 Å². The molecular weight excluding hydrogens is 307 g/mol. The van der Waals surface area contributed by atoms with Crippen LogP contribution in [0.2, 0.25) is 0 Å². The molecule has 1 saturated heterocycles. The van der Waals surface area contributed by atoms with Gasteiger partial charge in [-0.2, -0.15) is 0 Å². The number of halogens is 1. The molecule has 0 spiro atoms. The van der Waals surface area contributed by atoms with Crippen molar-refractivity contribution in [2.75, 3.05) is 13.1 Å². The summed E-state index contributed by atoms with van der Waals surface area (Å²) in [6, 6.07) is 10.3. The molecule has 0 aliphatic carbocycles. The molecule has 126 valence electrons. The van der Waals surface area contributed by atoms with Crippen LogP contribution in [0.1, 0.15) is 24.0 Å². The molecule has 2 aromatic rings. The van der Waals surface area contributed by atoms with Gasteiger partial charge in [0.2, 0.25) is 0 Å². The van der Waals surface area contributed by atoms with E-state index < -0.39 is 11.4 Å². The van der Waals surface area contributed by atoms with E-state index in [0.717, 1.165) is 18.5 Å². The number of benzene rings is 1. The maximum absolute atomic E-state index is 14.0. The summed E-state index contributed by atoms with van der Waals surface area (Å²) in [7, 11) is 0. The van der Waals surface area contributed by atoms with Gasteiger partial charge in [0.1, 0.15) is 5.82 Å². The van der Waals surface area contributed by atoms with Crippen molar-refractivity contribution in [3.05, 3.63) is 65.7 Å². The van der Waals surface area contributed by atoms with Crippen LogP contribution in [0.3, 0.4) is 0 Å². The fraction of sp³-hybridized carbons (Fsp3) is 0.368. The van der Waals surface area contributed by atoms with Crippen molar-refractivity contribution >= 4 is 5.97 Å². The Hall–Kier alpha value is -2.27. The molecule has 3 rings (SSSR count). The fourth-order valence-corrected chi connectivity index (χ4v) is 3.51. The molecule has 1 N–H and O–H groups in total. The summed E-state index contributed by atoms with van der Waals surface area (Å²) < 4.78 is 14.0. The molecule has 1 atom stereocenters. The van der Waals surface area contributed by atoms with Crippen molar-refractivity contribution in [3.63, 3.8) is 0 Å². The molecule has 1 aliphatic rings. The van der Waals surface area contributed by atoms with Gasteiger partial charge in [0.25, 0.3) is 0 Å². The summed E-state index contributed by atoms with van der Waals surface area (Å²) in [5.74, 6) is -1.18. The molecule has 24 heavy (non-hydrogen) atoms. The smallest absolute Gasteiger partial charge is 0.311 e. The number of hydrogen-bond donors (Lipinski definition) is 1. The fourth-order valence-electron chi connectivity index (χ4n) is 3.51. The number of piperidine rings is 1. The lowest BCUT2D eigenvalue weighted by Crippen LogP contribution is -2.48. The molecule has 1 aromatic heterocycles. The number of nitrogens with zero attached hydrogens (tertiary/aromatic N) is 2. The van der Waals surface area contributed by atoms with Crippen molar-refractivity contribution in [1.29, 1.82) is 0 Å². The number of aromatic nitrogens is 1. The van der Waals surface area contributed by atoms with E-state index in [4.69, 9.17) is 0 Å². The molecule has 0 bridgehead atoms. The number of carbonyl (C=O) groups is 1. The second kappa shape index (κ2) is 7.09. The Kier molecular flexibility index (Phi) is 4.90. The van der Waals surface area contributed by atoms with Crippen LogP contribution < -0.4 is 0 Å². The largest absolute Gasteiger partial charge is 0.481 e. The number of rotatable bonds is 5. The first-order valence-corrected chi connectivity index (χ1v) is 8.17. The van der Waals surface area contributed by atoms with E-state index in [9.17, 15) is 14.3 Å². The third-order valence-electron chi connectivity index (χ3n) is 4.73. The van der Waals surface area contributed by atoms with Gasteiger partial charge in [0, 0.05) is 25.5 Å². The summed E-state index contributed by atoms with van der Waals surface area (Å²) >= 11 is 0. The first-order valence-electron chi connectivity index (χ1n) is 8.17. The summed E-state index contributed by atoms with van der Waals surface area (Å²) in [5, 5.41) is 9.86. The van der Waals surface area contributed by atoms with Crippen LogP contribution in [0.25, 0.3) is 0 Å². The number of hydrogen-bond acceptors (Lipinski definition) is 3. The van der Waals surface area contributed by atoms with E-state index in [0.29, 0.717) is 25.1 Å². The minimum Gasteiger partial charge on any atom is -0.481 e. The lowest BCUT2D eigenvalue weighted by molar-refractivity contribution is -0.152. The zero-order valence-corrected chi connectivity index (χ0v) is 13.5. The molecule has 2 heterocycles. The molecule has 0 unspecified atom stereocenters. The second-order valence-corrected chi connectivity index (χ2v) is 6.53. The molecule has 0 amide bonds. The maximum atomic E-state index is 14.0. The highest BCUT2D eigenvalue weighted by atomic mass is 19.1. The van der Waals surface area contributed by atoms with Crippen molar-refractivity contribution in [3.8, 4) is 0 Å². The predicted octanol–water partition coefficient (Wildman–Crippen LogP) is 3.13. The SMILES string of the molecule is O=C(O)[C@@]1(Cc2ccccc2F)CCCN(Cc2cccnc2)C1. The van der Waals surface area contributed by atoms with Gasteiger partial charge in [-0.05, 0) is 49.1 Å². The van der Waals surface area contributed by atoms with Crippen molar-refractivity contribution in [1.82, 2.24) is 9.88 Å². The molecular formula is C19H21FN2O2. The number of likely N-dealkylation sites (tertiary alicyclic amines) is 1. The van der Waals surface area contributed by atoms with E-state index in [1.807, 2.05) is 12.1 Å². The van der Waals surface area contributed by atoms with Gasteiger partial charge in [-0.3, -0.25) is 14.7 Å². The summed E-state index contributed by atoms with van der Waals surface area (Å²) in [4.78, 5) is 18.3. The average Bonchev–Trinajstić information content (AvgIpc) is 2.58. The monoisotopic (exact) mass is 328 g/mol. The molecule has 5 heteroatoms. The van der Waals surface area contributed by atoms with Gasteiger partial charge < -0.3 is 5.11 Å². The number of aliphatic carboxylic acids is 1. The Balaban J connectivity index is 1.79. The highest BCUT2D eigenvalue weighted by molar-refractivity contribution is 5.75. The molecule has 0 radical (unpaired) electrons. The van der Waals surface area contributed by atoms with Crippen molar-refractivity contribution in [2.45, 2.75) is 25.8 Å². The first kappa shape index (κ1) is 16.6. The highest BCUT2D eigenvalue weighted by Crippen LogP contribution is 2.35. The quantitative estimate of drug-likeness (QED) is 0.916. The zero-order valence-electron chi connectivity index (χ0n) is 13.5. The topological polar surface area (TPSA) is 53.4 Å². The normalized spacial score (nSPS) is 21.5. The second-order valence-electron chi connectivity index (χ2n) is 6.53. The van der Waals surface area contributed by atoms with Crippen molar-refractivity contribution < 1.29 is 14.3 Å². The summed E-state index contributed by atoms with van der Waals surface area (Å²) in [5.41, 5.74) is 0.593. The third kappa shape index (κ3) is 3.62. The van der Waals surface area contributed by atoms with E-state index in [2.05, 4.69) is 9.88 Å². The average molecular weight is 328 g/mol. The van der Waals surface area contributed by atoms with Crippen LogP contribution in [0.4, 0.5) is 4.39 Å². The Labute approximate surface area is 141 Å². The molecule has 4 nitrogen and oxygen atoms in total. The highest BCUT2D eigenvalue weighted by Gasteiger charge is 2.42. The Bertz CT molecular complexity index is 708. The van der Waals surface area contributed by atoms with Crippen LogP contribution in [0, 0.1) is 11.2 Å². The number of carboxylic acid groups (broad SMARTS) is 1. The Morgan fingerprint density at radius 3 is 2.83 bits per heavy atom. The van der Waals surface area contributed by atoms with Crippen LogP contribution in [-0.2, 0) is 17.8 Å². The van der Waals surface area contributed by atoms with Gasteiger partial charge in [-0.1, -0.05) is 24.3 Å².